The molecule has 2 rings (SSSR count). The number of amides is 2. The third kappa shape index (κ3) is 8.42. The quantitative estimate of drug-likeness (QED) is 0.667. The SMILES string of the molecule is CC(C)(C)OC(=O)N[C@@H]1C[C@@H](c2ncno2)CC[C@@H]1NC(=O)OCC[Si](C)(C)C. The standard InChI is InChI=1S/C19H34N4O5Si/c1-19(2,3)27-18(25)23-15-11-13(16-20-12-21-28-16)7-8-14(15)22-17(24)26-9-10-29(4,5)6/h12-15H,7-11H2,1-6H3,(H,22,24)(H,23,25)/t13-,14-,15+/m0/s1. The second-order valence-electron chi connectivity index (χ2n) is 9.74. The van der Waals surface area contributed by atoms with E-state index in [4.69, 9.17) is 14.0 Å². The minimum Gasteiger partial charge on any atom is -0.450 e. The van der Waals surface area contributed by atoms with Crippen LogP contribution in [0.2, 0.25) is 25.7 Å². The van der Waals surface area contributed by atoms with Crippen LogP contribution in [0.25, 0.3) is 0 Å². The third-order valence-electron chi connectivity index (χ3n) is 4.67. The minimum atomic E-state index is -1.28. The van der Waals surface area contributed by atoms with E-state index in [1.807, 2.05) is 0 Å². The summed E-state index contributed by atoms with van der Waals surface area (Å²) in [6.07, 6.45) is 2.35. The van der Waals surface area contributed by atoms with Crippen molar-refractivity contribution >= 4 is 20.3 Å². The van der Waals surface area contributed by atoms with E-state index in [-0.39, 0.29) is 18.0 Å². The van der Waals surface area contributed by atoms with Crippen molar-refractivity contribution in [3.05, 3.63) is 12.2 Å². The molecule has 1 saturated carbocycles. The van der Waals surface area contributed by atoms with E-state index < -0.39 is 25.9 Å². The predicted octanol–water partition coefficient (Wildman–Crippen LogP) is 3.66. The number of carbonyl (C=O) groups excluding carboxylic acids is 2. The van der Waals surface area contributed by atoms with Crippen LogP contribution in [0.15, 0.2) is 10.9 Å². The molecule has 164 valence electrons. The Morgan fingerprint density at radius 1 is 1.17 bits per heavy atom. The number of ether oxygens (including phenoxy) is 2. The van der Waals surface area contributed by atoms with Crippen molar-refractivity contribution in [2.24, 2.45) is 0 Å². The molecule has 1 fully saturated rings. The van der Waals surface area contributed by atoms with Crippen LogP contribution in [0.1, 0.15) is 51.8 Å². The van der Waals surface area contributed by atoms with Crippen LogP contribution in [0, 0.1) is 0 Å². The van der Waals surface area contributed by atoms with Gasteiger partial charge in [0.1, 0.15) is 5.60 Å². The zero-order chi connectivity index (χ0) is 21.7. The van der Waals surface area contributed by atoms with E-state index in [0.717, 1.165) is 12.5 Å². The molecule has 0 unspecified atom stereocenters. The van der Waals surface area contributed by atoms with Gasteiger partial charge in [0, 0.05) is 14.0 Å². The molecule has 10 heteroatoms. The van der Waals surface area contributed by atoms with Crippen molar-refractivity contribution in [3.8, 4) is 0 Å². The fourth-order valence-electron chi connectivity index (χ4n) is 3.19. The predicted molar refractivity (Wildman–Crippen MR) is 110 cm³/mol. The number of rotatable bonds is 6. The summed E-state index contributed by atoms with van der Waals surface area (Å²) >= 11 is 0. The van der Waals surface area contributed by atoms with E-state index in [0.29, 0.717) is 25.3 Å². The molecule has 0 saturated heterocycles. The molecule has 0 aromatic carbocycles. The number of alkyl carbamates (subject to hydrolysis) is 2. The van der Waals surface area contributed by atoms with Crippen LogP contribution < -0.4 is 10.6 Å². The lowest BCUT2D eigenvalue weighted by Gasteiger charge is -2.35. The van der Waals surface area contributed by atoms with Gasteiger partial charge in [-0.1, -0.05) is 24.8 Å². The Hall–Kier alpha value is -2.10. The van der Waals surface area contributed by atoms with Crippen molar-refractivity contribution in [2.45, 2.75) is 89.3 Å². The lowest BCUT2D eigenvalue weighted by Crippen LogP contribution is -2.55. The first-order chi connectivity index (χ1) is 13.4. The molecule has 0 aliphatic heterocycles. The lowest BCUT2D eigenvalue weighted by molar-refractivity contribution is 0.0468. The highest BCUT2D eigenvalue weighted by Gasteiger charge is 2.36. The minimum absolute atomic E-state index is 0.0124. The van der Waals surface area contributed by atoms with E-state index in [2.05, 4.69) is 40.4 Å². The van der Waals surface area contributed by atoms with Crippen molar-refractivity contribution in [3.63, 3.8) is 0 Å². The summed E-state index contributed by atoms with van der Waals surface area (Å²) in [5.41, 5.74) is -0.608. The van der Waals surface area contributed by atoms with Gasteiger partial charge in [-0.15, -0.1) is 0 Å². The first kappa shape index (κ1) is 23.2. The van der Waals surface area contributed by atoms with Gasteiger partial charge in [0.05, 0.1) is 18.7 Å². The number of nitrogens with one attached hydrogen (secondary N) is 2. The average Bonchev–Trinajstić information content (AvgIpc) is 3.08. The van der Waals surface area contributed by atoms with Gasteiger partial charge in [-0.05, 0) is 46.1 Å². The maximum atomic E-state index is 12.3. The van der Waals surface area contributed by atoms with E-state index in [9.17, 15) is 9.59 Å². The van der Waals surface area contributed by atoms with Gasteiger partial charge in [0.25, 0.3) is 0 Å². The number of aromatic nitrogens is 2. The van der Waals surface area contributed by atoms with Gasteiger partial charge < -0.3 is 24.6 Å². The monoisotopic (exact) mass is 426 g/mol. The van der Waals surface area contributed by atoms with Crippen molar-refractivity contribution in [2.75, 3.05) is 6.61 Å². The maximum Gasteiger partial charge on any atom is 0.407 e. The molecule has 0 spiro atoms. The third-order valence-corrected chi connectivity index (χ3v) is 6.37. The van der Waals surface area contributed by atoms with Crippen LogP contribution in [-0.2, 0) is 9.47 Å². The van der Waals surface area contributed by atoms with E-state index in [1.54, 1.807) is 20.8 Å². The maximum absolute atomic E-state index is 12.3. The first-order valence-electron chi connectivity index (χ1n) is 10.1. The number of carbonyl (C=O) groups is 2. The molecule has 2 amide bonds. The van der Waals surface area contributed by atoms with Crippen molar-refractivity contribution < 1.29 is 23.6 Å². The topological polar surface area (TPSA) is 116 Å². The molecule has 1 aliphatic rings. The molecule has 1 aliphatic carbocycles. The Morgan fingerprint density at radius 2 is 1.86 bits per heavy atom. The molecular formula is C19H34N4O5Si. The summed E-state index contributed by atoms with van der Waals surface area (Å²) in [6.45, 7) is 12.5. The largest absolute Gasteiger partial charge is 0.450 e. The van der Waals surface area contributed by atoms with Crippen LogP contribution in [-0.4, -0.2) is 54.7 Å². The zero-order valence-corrected chi connectivity index (χ0v) is 19.3. The second kappa shape index (κ2) is 9.60. The zero-order valence-electron chi connectivity index (χ0n) is 18.3. The Morgan fingerprint density at radius 3 is 2.45 bits per heavy atom. The van der Waals surface area contributed by atoms with Crippen molar-refractivity contribution in [1.29, 1.82) is 0 Å². The van der Waals surface area contributed by atoms with Crippen LogP contribution in [0.4, 0.5) is 9.59 Å². The van der Waals surface area contributed by atoms with Crippen LogP contribution >= 0.6 is 0 Å². The fraction of sp³-hybridized carbons (Fsp3) is 0.789. The van der Waals surface area contributed by atoms with Crippen LogP contribution in [0.5, 0.6) is 0 Å². The summed E-state index contributed by atoms with van der Waals surface area (Å²) < 4.78 is 15.9. The molecule has 0 radical (unpaired) electrons. The molecule has 2 N–H and O–H groups in total. The molecule has 0 bridgehead atoms. The van der Waals surface area contributed by atoms with Gasteiger partial charge in [0.15, 0.2) is 6.33 Å². The highest BCUT2D eigenvalue weighted by Crippen LogP contribution is 2.32. The van der Waals surface area contributed by atoms with Gasteiger partial charge in [0.2, 0.25) is 5.89 Å². The Labute approximate surface area is 173 Å². The summed E-state index contributed by atoms with van der Waals surface area (Å²) in [5, 5.41) is 9.46. The van der Waals surface area contributed by atoms with Gasteiger partial charge in [-0.25, -0.2) is 9.59 Å². The van der Waals surface area contributed by atoms with E-state index in [1.165, 1.54) is 6.33 Å². The van der Waals surface area contributed by atoms with Crippen molar-refractivity contribution in [1.82, 2.24) is 20.8 Å². The number of hydrogen-bond donors (Lipinski definition) is 2. The van der Waals surface area contributed by atoms with Gasteiger partial charge in [-0.2, -0.15) is 4.98 Å². The van der Waals surface area contributed by atoms with Gasteiger partial charge >= 0.3 is 12.2 Å². The Balaban J connectivity index is 1.98. The fourth-order valence-corrected chi connectivity index (χ4v) is 3.91. The molecule has 9 nitrogen and oxygen atoms in total. The summed E-state index contributed by atoms with van der Waals surface area (Å²) in [4.78, 5) is 28.7. The Bertz CT molecular complexity index is 669. The summed E-state index contributed by atoms with van der Waals surface area (Å²) in [7, 11) is -1.28. The molecule has 29 heavy (non-hydrogen) atoms. The smallest absolute Gasteiger partial charge is 0.407 e. The molecule has 1 aromatic heterocycles. The summed E-state index contributed by atoms with van der Waals surface area (Å²) in [5.74, 6) is 0.551. The molecular weight excluding hydrogens is 392 g/mol. The second-order valence-corrected chi connectivity index (χ2v) is 15.4. The summed E-state index contributed by atoms with van der Waals surface area (Å²) in [6, 6.07) is 0.310. The highest BCUT2D eigenvalue weighted by molar-refractivity contribution is 6.76. The van der Waals surface area contributed by atoms with Crippen LogP contribution in [0.3, 0.4) is 0 Å². The highest BCUT2D eigenvalue weighted by atomic mass is 28.3. The number of hydrogen-bond acceptors (Lipinski definition) is 7. The van der Waals surface area contributed by atoms with E-state index >= 15 is 0 Å². The normalized spacial score (nSPS) is 22.6. The molecule has 3 atom stereocenters. The van der Waals surface area contributed by atoms with Gasteiger partial charge in [-0.3, -0.25) is 0 Å². The average molecular weight is 427 g/mol. The first-order valence-corrected chi connectivity index (χ1v) is 13.8. The lowest BCUT2D eigenvalue weighted by atomic mass is 9.82. The number of nitrogens with zero attached hydrogens (tertiary/aromatic N) is 2. The Kier molecular flexibility index (Phi) is 7.67. The molecule has 1 aromatic rings. The molecule has 1 heterocycles.